The van der Waals surface area contributed by atoms with Gasteiger partial charge < -0.3 is 50.3 Å². The van der Waals surface area contributed by atoms with Crippen LogP contribution in [0.1, 0.15) is 72.1 Å². The fourth-order valence-electron chi connectivity index (χ4n) is 10.9. The number of aliphatic carboxylic acids is 1. The molecule has 0 amide bonds. The Morgan fingerprint density at radius 1 is 0.955 bits per heavy atom. The minimum absolute atomic E-state index is 0.00699. The third kappa shape index (κ3) is 4.83. The first kappa shape index (κ1) is 32.8. The first-order valence-corrected chi connectivity index (χ1v) is 16.6. The quantitative estimate of drug-likeness (QED) is 0.159. The van der Waals surface area contributed by atoms with Crippen LogP contribution in [0.25, 0.3) is 0 Å². The molecule has 1 saturated heterocycles. The molecule has 0 radical (unpaired) electrons. The maximum Gasteiger partial charge on any atom is 0.312 e. The molecule has 0 bridgehead atoms. The molecule has 0 spiro atoms. The van der Waals surface area contributed by atoms with Crippen LogP contribution in [0.2, 0.25) is 0 Å². The summed E-state index contributed by atoms with van der Waals surface area (Å²) in [7, 11) is 0. The van der Waals surface area contributed by atoms with Gasteiger partial charge in [-0.25, -0.2) is 0 Å². The van der Waals surface area contributed by atoms with Crippen molar-refractivity contribution in [3.05, 3.63) is 11.6 Å². The molecule has 8 N–H and O–H groups in total. The molecular weight excluding hydrogens is 572 g/mol. The largest absolute Gasteiger partial charge is 0.481 e. The van der Waals surface area contributed by atoms with Gasteiger partial charge in [-0.15, -0.1) is 0 Å². The highest BCUT2D eigenvalue weighted by molar-refractivity contribution is 5.77. The van der Waals surface area contributed by atoms with E-state index in [2.05, 4.69) is 19.9 Å². The highest BCUT2D eigenvalue weighted by Gasteiger charge is 2.64. The molecule has 11 unspecified atom stereocenters. The number of aliphatic hydroxyl groups excluding tert-OH is 7. The maximum absolute atomic E-state index is 12.8. The van der Waals surface area contributed by atoms with Crippen LogP contribution in [0.3, 0.4) is 0 Å². The van der Waals surface area contributed by atoms with Crippen molar-refractivity contribution in [2.45, 2.75) is 121 Å². The lowest BCUT2D eigenvalue weighted by atomic mass is 9.43. The molecule has 0 aromatic rings. The Kier molecular flexibility index (Phi) is 8.58. The second-order valence-corrected chi connectivity index (χ2v) is 16.0. The second-order valence-electron chi connectivity index (χ2n) is 16.0. The number of aliphatic hydroxyl groups is 7. The average Bonchev–Trinajstić information content (AvgIpc) is 2.98. The van der Waals surface area contributed by atoms with E-state index >= 15 is 0 Å². The molecule has 11 nitrogen and oxygen atoms in total. The van der Waals surface area contributed by atoms with Crippen LogP contribution in [-0.2, 0) is 14.3 Å². The molecule has 0 aromatic heterocycles. The minimum atomic E-state index is -1.61. The number of allylic oxidation sites excluding steroid dienone is 2. The molecule has 6 rings (SSSR count). The Morgan fingerprint density at radius 2 is 1.68 bits per heavy atom. The topological polar surface area (TPSA) is 197 Å². The molecule has 1 aliphatic heterocycles. The highest BCUT2D eigenvalue weighted by Crippen LogP contribution is 2.65. The van der Waals surface area contributed by atoms with Gasteiger partial charge in [-0.2, -0.15) is 0 Å². The van der Waals surface area contributed by atoms with Crippen LogP contribution in [0.15, 0.2) is 11.6 Å². The van der Waals surface area contributed by atoms with E-state index in [1.807, 2.05) is 6.92 Å². The molecule has 1 heterocycles. The SMILES string of the molecule is CC1(C)CC[C@@]2(C(=O)O)C(C1)C1=CCC3C(CCC4C3C[C@H](O)[C@H](OC3OC(CO)C(O)C(O)C3O)[C@@]4(C)CO)C1C[C@H]2O. The van der Waals surface area contributed by atoms with Gasteiger partial charge in [-0.05, 0) is 92.3 Å². The Labute approximate surface area is 258 Å². The summed E-state index contributed by atoms with van der Waals surface area (Å²) < 4.78 is 11.7. The standard InChI is InChI=1S/C33H52O11/c1-31(2)8-9-33(30(41)42)21(12-31)17-5-4-16-15(18(17)11-24(33)37)6-7-20-19(16)10-22(36)28(32(20,3)14-35)44-29-27(40)26(39)25(38)23(13-34)43-29/h5,15-16,18-29,34-40H,4,6-14H2,1-3H3,(H,41,42)/t15?,16?,18?,19?,20?,21?,22-,23?,24+,25?,26?,27?,28-,29?,32-,33+/m0/s1. The van der Waals surface area contributed by atoms with E-state index < -0.39 is 72.4 Å². The van der Waals surface area contributed by atoms with Gasteiger partial charge in [-0.3, -0.25) is 4.79 Å². The molecule has 11 heteroatoms. The van der Waals surface area contributed by atoms with Crippen molar-refractivity contribution in [1.82, 2.24) is 0 Å². The van der Waals surface area contributed by atoms with Crippen molar-refractivity contribution in [3.8, 4) is 0 Å². The highest BCUT2D eigenvalue weighted by atomic mass is 16.7. The van der Waals surface area contributed by atoms with E-state index in [0.717, 1.165) is 32.1 Å². The van der Waals surface area contributed by atoms with Gasteiger partial charge in [0.25, 0.3) is 0 Å². The number of rotatable bonds is 5. The molecule has 5 fully saturated rings. The van der Waals surface area contributed by atoms with Gasteiger partial charge in [0, 0.05) is 5.41 Å². The van der Waals surface area contributed by atoms with Gasteiger partial charge in [0.05, 0.1) is 31.5 Å². The van der Waals surface area contributed by atoms with Crippen LogP contribution >= 0.6 is 0 Å². The third-order valence-electron chi connectivity index (χ3n) is 13.3. The van der Waals surface area contributed by atoms with Crippen molar-refractivity contribution in [3.63, 3.8) is 0 Å². The molecule has 250 valence electrons. The van der Waals surface area contributed by atoms with Gasteiger partial charge >= 0.3 is 5.97 Å². The number of fused-ring (bicyclic) bond motifs is 7. The molecular formula is C33H52O11. The average molecular weight is 625 g/mol. The van der Waals surface area contributed by atoms with E-state index in [1.54, 1.807) is 0 Å². The minimum Gasteiger partial charge on any atom is -0.481 e. The summed E-state index contributed by atoms with van der Waals surface area (Å²) in [5.41, 5.74) is -0.857. The smallest absolute Gasteiger partial charge is 0.312 e. The number of hydrogen-bond acceptors (Lipinski definition) is 10. The Balaban J connectivity index is 1.26. The van der Waals surface area contributed by atoms with Crippen LogP contribution < -0.4 is 0 Å². The van der Waals surface area contributed by atoms with Gasteiger partial charge in [0.15, 0.2) is 6.29 Å². The van der Waals surface area contributed by atoms with Crippen molar-refractivity contribution < 1.29 is 55.1 Å². The lowest BCUT2D eigenvalue weighted by Gasteiger charge is -2.62. The second kappa shape index (κ2) is 11.5. The fourth-order valence-corrected chi connectivity index (χ4v) is 10.9. The number of carbonyl (C=O) groups is 1. The third-order valence-corrected chi connectivity index (χ3v) is 13.3. The molecule has 6 aliphatic rings. The number of carboxylic acid groups (broad SMARTS) is 1. The summed E-state index contributed by atoms with van der Waals surface area (Å²) >= 11 is 0. The summed E-state index contributed by atoms with van der Waals surface area (Å²) in [6.07, 6.45) is -2.77. The van der Waals surface area contributed by atoms with Crippen LogP contribution in [-0.4, -0.2) is 109 Å². The fraction of sp³-hybridized carbons (Fsp3) is 0.909. The first-order valence-electron chi connectivity index (χ1n) is 16.6. The zero-order valence-corrected chi connectivity index (χ0v) is 26.0. The predicted molar refractivity (Wildman–Crippen MR) is 156 cm³/mol. The van der Waals surface area contributed by atoms with Crippen LogP contribution in [0, 0.1) is 51.8 Å². The number of ether oxygens (including phenoxy) is 2. The molecule has 0 aromatic carbocycles. The zero-order valence-electron chi connectivity index (χ0n) is 26.0. The van der Waals surface area contributed by atoms with Crippen molar-refractivity contribution >= 4 is 5.97 Å². The van der Waals surface area contributed by atoms with Gasteiger partial charge in [0.1, 0.15) is 29.8 Å². The molecule has 4 saturated carbocycles. The van der Waals surface area contributed by atoms with E-state index in [-0.39, 0.29) is 47.5 Å². The zero-order chi connectivity index (χ0) is 31.9. The predicted octanol–water partition coefficient (Wildman–Crippen LogP) is 0.802. The van der Waals surface area contributed by atoms with Crippen molar-refractivity contribution in [1.29, 1.82) is 0 Å². The summed E-state index contributed by atoms with van der Waals surface area (Å²) in [5.74, 6) is -0.557. The monoisotopic (exact) mass is 624 g/mol. The normalized spacial score (nSPS) is 53.4. The van der Waals surface area contributed by atoms with E-state index in [0.29, 0.717) is 19.3 Å². The Morgan fingerprint density at radius 3 is 2.34 bits per heavy atom. The lowest BCUT2D eigenvalue weighted by molar-refractivity contribution is -0.338. The van der Waals surface area contributed by atoms with E-state index in [4.69, 9.17) is 9.47 Å². The number of hydrogen-bond donors (Lipinski definition) is 8. The van der Waals surface area contributed by atoms with E-state index in [1.165, 1.54) is 5.57 Å². The molecule has 44 heavy (non-hydrogen) atoms. The molecule has 16 atom stereocenters. The van der Waals surface area contributed by atoms with Crippen molar-refractivity contribution in [2.24, 2.45) is 51.8 Å². The maximum atomic E-state index is 12.8. The van der Waals surface area contributed by atoms with E-state index in [9.17, 15) is 45.6 Å². The summed E-state index contributed by atoms with van der Waals surface area (Å²) in [6, 6.07) is 0. The Bertz CT molecular complexity index is 1130. The summed E-state index contributed by atoms with van der Waals surface area (Å²) in [4.78, 5) is 12.8. The van der Waals surface area contributed by atoms with Gasteiger partial charge in [-0.1, -0.05) is 32.4 Å². The van der Waals surface area contributed by atoms with Crippen LogP contribution in [0.4, 0.5) is 0 Å². The van der Waals surface area contributed by atoms with Gasteiger partial charge in [0.2, 0.25) is 0 Å². The molecule has 5 aliphatic carbocycles. The first-order chi connectivity index (χ1) is 20.7. The van der Waals surface area contributed by atoms with Crippen LogP contribution in [0.5, 0.6) is 0 Å². The lowest BCUT2D eigenvalue weighted by Crippen LogP contribution is -2.65. The summed E-state index contributed by atoms with van der Waals surface area (Å²) in [6.45, 7) is 5.37. The van der Waals surface area contributed by atoms with Crippen molar-refractivity contribution in [2.75, 3.05) is 13.2 Å². The Hall–Kier alpha value is -1.15. The number of carboxylic acids is 1. The summed E-state index contributed by atoms with van der Waals surface area (Å²) in [5, 5.41) is 85.1.